The van der Waals surface area contributed by atoms with Gasteiger partial charge >= 0.3 is 5.97 Å². The Morgan fingerprint density at radius 2 is 1.56 bits per heavy atom. The Bertz CT molecular complexity index is 1220. The predicted molar refractivity (Wildman–Crippen MR) is 141 cm³/mol. The number of para-hydroxylation sites is 1. The zero-order chi connectivity index (χ0) is 23.4. The van der Waals surface area contributed by atoms with E-state index >= 15 is 0 Å². The molecule has 1 aliphatic rings. The highest BCUT2D eigenvalue weighted by Gasteiger charge is 2.43. The number of H-pyrrole nitrogens is 1. The van der Waals surface area contributed by atoms with Crippen LogP contribution in [0.2, 0.25) is 0 Å². The van der Waals surface area contributed by atoms with Gasteiger partial charge in [-0.15, -0.1) is 0 Å². The highest BCUT2D eigenvalue weighted by atomic mass is 32.2. The number of rotatable bonds is 8. The minimum Gasteiger partial charge on any atom is -0.467 e. The Morgan fingerprint density at radius 1 is 0.941 bits per heavy atom. The van der Waals surface area contributed by atoms with Gasteiger partial charge in [0.15, 0.2) is 4.08 Å². The second-order valence-corrected chi connectivity index (χ2v) is 11.4. The van der Waals surface area contributed by atoms with Gasteiger partial charge in [0, 0.05) is 32.4 Å². The van der Waals surface area contributed by atoms with Gasteiger partial charge in [-0.2, -0.15) is 0 Å². The summed E-state index contributed by atoms with van der Waals surface area (Å²) in [5.41, 5.74) is 3.83. The lowest BCUT2D eigenvalue weighted by atomic mass is 9.96. The van der Waals surface area contributed by atoms with E-state index in [4.69, 9.17) is 4.74 Å². The summed E-state index contributed by atoms with van der Waals surface area (Å²) < 4.78 is 4.61. The molecule has 0 spiro atoms. The molecule has 34 heavy (non-hydrogen) atoms. The number of nitrogens with one attached hydrogen (secondary N) is 2. The summed E-state index contributed by atoms with van der Waals surface area (Å²) in [5, 5.41) is 5.00. The predicted octanol–water partition coefficient (Wildman–Crippen LogP) is 6.59. The largest absolute Gasteiger partial charge is 0.467 e. The average Bonchev–Trinajstić information content (AvgIpc) is 3.27. The van der Waals surface area contributed by atoms with Crippen LogP contribution in [-0.4, -0.2) is 28.7 Å². The topological polar surface area (TPSA) is 54.1 Å². The number of carbonyl (C=O) groups is 1. The van der Waals surface area contributed by atoms with Crippen molar-refractivity contribution >= 4 is 40.4 Å². The second-order valence-electron chi connectivity index (χ2n) is 8.43. The maximum atomic E-state index is 13.4. The monoisotopic (exact) mass is 488 g/mol. The van der Waals surface area contributed by atoms with Crippen molar-refractivity contribution in [2.75, 3.05) is 13.7 Å². The quantitative estimate of drug-likeness (QED) is 0.166. The Hall–Kier alpha value is -2.67. The number of hydrogen-bond acceptors (Lipinski definition) is 5. The highest BCUT2D eigenvalue weighted by molar-refractivity contribution is 8.19. The molecule has 0 saturated heterocycles. The van der Waals surface area contributed by atoms with Gasteiger partial charge < -0.3 is 15.0 Å². The molecule has 0 bridgehead atoms. The molecule has 1 aromatic heterocycles. The van der Waals surface area contributed by atoms with E-state index < -0.39 is 4.08 Å². The van der Waals surface area contributed by atoms with Crippen LogP contribution >= 0.6 is 23.5 Å². The van der Waals surface area contributed by atoms with Crippen molar-refractivity contribution in [1.82, 2.24) is 10.3 Å². The summed E-state index contributed by atoms with van der Waals surface area (Å²) >= 11 is 3.18. The van der Waals surface area contributed by atoms with Crippen LogP contribution in [-0.2, 0) is 16.0 Å². The number of benzene rings is 3. The van der Waals surface area contributed by atoms with Crippen molar-refractivity contribution in [3.8, 4) is 0 Å². The maximum absolute atomic E-state index is 13.4. The third-order valence-electron chi connectivity index (χ3n) is 6.27. The van der Waals surface area contributed by atoms with E-state index in [0.29, 0.717) is 6.42 Å². The van der Waals surface area contributed by atoms with Crippen LogP contribution in [0, 0.1) is 0 Å². The molecule has 4 nitrogen and oxygen atoms in total. The fraction of sp³-hybridized carbons (Fsp3) is 0.250. The van der Waals surface area contributed by atoms with Crippen LogP contribution in [0.1, 0.15) is 30.1 Å². The normalized spacial score (nSPS) is 15.7. The first-order valence-corrected chi connectivity index (χ1v) is 13.2. The molecule has 3 aromatic carbocycles. The number of fused-ring (bicyclic) bond motifs is 3. The Balaban J connectivity index is 1.47. The van der Waals surface area contributed by atoms with Gasteiger partial charge in [0.25, 0.3) is 0 Å². The average molecular weight is 489 g/mol. The first-order chi connectivity index (χ1) is 16.7. The van der Waals surface area contributed by atoms with Crippen LogP contribution < -0.4 is 5.32 Å². The number of methoxy groups -OCH3 is 1. The van der Waals surface area contributed by atoms with Crippen LogP contribution in [0.4, 0.5) is 0 Å². The van der Waals surface area contributed by atoms with Crippen molar-refractivity contribution in [1.29, 1.82) is 0 Å². The van der Waals surface area contributed by atoms with E-state index in [2.05, 4.69) is 58.8 Å². The first kappa shape index (κ1) is 23.1. The van der Waals surface area contributed by atoms with Crippen LogP contribution in [0.5, 0.6) is 0 Å². The molecule has 2 heterocycles. The number of thioether (sulfide) groups is 2. The lowest BCUT2D eigenvalue weighted by molar-refractivity contribution is -0.141. The summed E-state index contributed by atoms with van der Waals surface area (Å²) in [5.74, 6) is -0.206. The van der Waals surface area contributed by atoms with Gasteiger partial charge in [-0.3, -0.25) is 0 Å². The van der Waals surface area contributed by atoms with Crippen molar-refractivity contribution in [3.05, 3.63) is 96.2 Å². The molecule has 1 aliphatic heterocycles. The van der Waals surface area contributed by atoms with Gasteiger partial charge in [-0.25, -0.2) is 4.79 Å². The molecule has 174 valence electrons. The van der Waals surface area contributed by atoms with Crippen LogP contribution in [0.25, 0.3) is 10.9 Å². The van der Waals surface area contributed by atoms with Gasteiger partial charge in [0.2, 0.25) is 0 Å². The van der Waals surface area contributed by atoms with E-state index in [-0.39, 0.29) is 12.0 Å². The van der Waals surface area contributed by atoms with E-state index in [1.54, 1.807) is 23.5 Å². The minimum atomic E-state index is -0.803. The van der Waals surface area contributed by atoms with Crippen LogP contribution in [0.15, 0.2) is 94.7 Å². The van der Waals surface area contributed by atoms with Crippen molar-refractivity contribution < 1.29 is 9.53 Å². The molecular weight excluding hydrogens is 460 g/mol. The van der Waals surface area contributed by atoms with E-state index in [1.807, 2.05) is 36.4 Å². The summed E-state index contributed by atoms with van der Waals surface area (Å²) in [6.45, 7) is 0.933. The van der Waals surface area contributed by atoms with Gasteiger partial charge in [0.05, 0.1) is 7.11 Å². The molecular formula is C28H28N2O2S2. The van der Waals surface area contributed by atoms with Crippen LogP contribution in [0.3, 0.4) is 0 Å². The van der Waals surface area contributed by atoms with Crippen molar-refractivity contribution in [3.63, 3.8) is 0 Å². The second kappa shape index (κ2) is 10.3. The molecule has 0 radical (unpaired) electrons. The standard InChI is InChI=1S/C28H28N2O2S2/c1-32-27(31)28(33-20-10-4-2-5-11-20,34-21-12-6-3-7-13-21)18-16-25-26-23(17-19-29-25)22-14-8-9-15-24(22)30-26/h2-15,25,29-30H,16-19H2,1H3. The molecule has 0 amide bonds. The van der Waals surface area contributed by atoms with Crippen molar-refractivity contribution in [2.45, 2.75) is 39.2 Å². The summed E-state index contributed by atoms with van der Waals surface area (Å²) in [6.07, 6.45) is 2.48. The molecule has 1 unspecified atom stereocenters. The molecule has 0 fully saturated rings. The third kappa shape index (κ3) is 4.76. The molecule has 6 heteroatoms. The minimum absolute atomic E-state index is 0.160. The Labute approximate surface area is 208 Å². The maximum Gasteiger partial charge on any atom is 0.332 e. The lowest BCUT2D eigenvalue weighted by Gasteiger charge is -2.32. The molecule has 0 saturated carbocycles. The molecule has 1 atom stereocenters. The summed E-state index contributed by atoms with van der Waals surface area (Å²) in [6, 6.07) is 28.9. The van der Waals surface area contributed by atoms with Gasteiger partial charge in [-0.05, 0) is 61.7 Å². The SMILES string of the molecule is COC(=O)C(CCC1NCCc2c1[nH]c1ccccc21)(Sc1ccccc1)Sc1ccccc1. The Kier molecular flexibility index (Phi) is 6.99. The Morgan fingerprint density at radius 3 is 2.21 bits per heavy atom. The van der Waals surface area contributed by atoms with Gasteiger partial charge in [-0.1, -0.05) is 78.1 Å². The van der Waals surface area contributed by atoms with E-state index in [0.717, 1.165) is 29.2 Å². The van der Waals surface area contributed by atoms with Crippen molar-refractivity contribution in [2.24, 2.45) is 0 Å². The number of ether oxygens (including phenoxy) is 1. The zero-order valence-corrected chi connectivity index (χ0v) is 20.8. The number of carbonyl (C=O) groups excluding carboxylic acids is 1. The van der Waals surface area contributed by atoms with Gasteiger partial charge in [0.1, 0.15) is 0 Å². The number of aromatic nitrogens is 1. The number of hydrogen-bond donors (Lipinski definition) is 2. The smallest absolute Gasteiger partial charge is 0.332 e. The zero-order valence-electron chi connectivity index (χ0n) is 19.1. The fourth-order valence-corrected chi connectivity index (χ4v) is 7.53. The summed E-state index contributed by atoms with van der Waals surface area (Å²) in [7, 11) is 1.49. The molecule has 2 N–H and O–H groups in total. The third-order valence-corrected chi connectivity index (χ3v) is 9.19. The highest BCUT2D eigenvalue weighted by Crippen LogP contribution is 2.50. The van der Waals surface area contributed by atoms with E-state index in [9.17, 15) is 4.79 Å². The molecule has 5 rings (SSSR count). The lowest BCUT2D eigenvalue weighted by Crippen LogP contribution is -2.36. The summed E-state index contributed by atoms with van der Waals surface area (Å²) in [4.78, 5) is 19.2. The first-order valence-electron chi connectivity index (χ1n) is 11.6. The number of aromatic amines is 1. The molecule has 4 aromatic rings. The van der Waals surface area contributed by atoms with E-state index in [1.165, 1.54) is 29.3 Å². The number of esters is 1. The molecule has 0 aliphatic carbocycles. The fourth-order valence-electron chi connectivity index (χ4n) is 4.66.